The maximum atomic E-state index is 13.2. The van der Waals surface area contributed by atoms with Crippen LogP contribution in [0.2, 0.25) is 5.02 Å². The number of aryl methyl sites for hydroxylation is 1. The number of hydrogen-bond acceptors (Lipinski definition) is 4. The Hall–Kier alpha value is -1.87. The summed E-state index contributed by atoms with van der Waals surface area (Å²) in [7, 11) is 3.84. The minimum Gasteiger partial charge on any atom is -0.309 e. The summed E-state index contributed by atoms with van der Waals surface area (Å²) >= 11 is 7.44. The number of hydrogen-bond donors (Lipinski definition) is 0. The summed E-state index contributed by atoms with van der Waals surface area (Å²) in [4.78, 5) is 21.2. The molecule has 2 aromatic carbocycles. The van der Waals surface area contributed by atoms with Crippen molar-refractivity contribution in [3.63, 3.8) is 0 Å². The molecule has 1 aromatic heterocycles. The summed E-state index contributed by atoms with van der Waals surface area (Å²) in [6.45, 7) is 2.94. The molecule has 0 saturated carbocycles. The predicted molar refractivity (Wildman–Crippen MR) is 123 cm³/mol. The maximum Gasteiger partial charge on any atom is 0.416 e. The number of nitrogens with zero attached hydrogens (tertiary/aromatic N) is 3. The highest BCUT2D eigenvalue weighted by Crippen LogP contribution is 2.34. The maximum absolute atomic E-state index is 13.2. The molecule has 4 nitrogen and oxygen atoms in total. The summed E-state index contributed by atoms with van der Waals surface area (Å²) < 4.78 is 40.2. The predicted octanol–water partition coefficient (Wildman–Crippen LogP) is 6.30. The van der Waals surface area contributed by atoms with Gasteiger partial charge in [-0.25, -0.2) is 4.98 Å². The van der Waals surface area contributed by atoms with E-state index in [4.69, 9.17) is 11.6 Å². The second kappa shape index (κ2) is 10.2. The van der Waals surface area contributed by atoms with E-state index in [2.05, 4.69) is 4.98 Å². The number of carbonyl (C=O) groups excluding carboxylic acids is 1. The molecule has 0 saturated heterocycles. The molecule has 168 valence electrons. The minimum absolute atomic E-state index is 0. The Morgan fingerprint density at radius 3 is 2.52 bits per heavy atom. The van der Waals surface area contributed by atoms with Crippen molar-refractivity contribution in [3.8, 4) is 0 Å². The van der Waals surface area contributed by atoms with Gasteiger partial charge in [0, 0.05) is 17.1 Å². The van der Waals surface area contributed by atoms with Crippen molar-refractivity contribution in [1.29, 1.82) is 0 Å². The van der Waals surface area contributed by atoms with Crippen LogP contribution in [0.5, 0.6) is 0 Å². The molecule has 0 unspecified atom stereocenters. The van der Waals surface area contributed by atoms with Gasteiger partial charge in [0.25, 0.3) is 5.91 Å². The molecule has 0 aliphatic heterocycles. The molecule has 0 radical (unpaired) electrons. The Kier molecular flexibility index (Phi) is 8.33. The quantitative estimate of drug-likeness (QED) is 0.406. The second-order valence-electron chi connectivity index (χ2n) is 7.26. The Labute approximate surface area is 194 Å². The van der Waals surface area contributed by atoms with E-state index in [1.54, 1.807) is 12.1 Å². The number of alkyl halides is 3. The Bertz CT molecular complexity index is 1070. The summed E-state index contributed by atoms with van der Waals surface area (Å²) in [5, 5.41) is 1.01. The van der Waals surface area contributed by atoms with E-state index in [0.29, 0.717) is 23.1 Å². The molecular weight excluding hydrogens is 470 g/mol. The average molecular weight is 492 g/mol. The summed E-state index contributed by atoms with van der Waals surface area (Å²) in [6, 6.07) is 8.05. The first-order valence-corrected chi connectivity index (χ1v) is 10.5. The van der Waals surface area contributed by atoms with Gasteiger partial charge in [0.05, 0.1) is 15.8 Å². The van der Waals surface area contributed by atoms with Crippen molar-refractivity contribution >= 4 is 56.6 Å². The van der Waals surface area contributed by atoms with Crippen LogP contribution in [0.15, 0.2) is 36.4 Å². The fraction of sp³-hybridized carbons (Fsp3) is 0.333. The smallest absolute Gasteiger partial charge is 0.309 e. The van der Waals surface area contributed by atoms with Crippen LogP contribution in [0, 0.1) is 6.92 Å². The molecule has 0 N–H and O–H groups in total. The van der Waals surface area contributed by atoms with Crippen LogP contribution < -0.4 is 4.90 Å². The SMILES string of the molecule is Cc1cc(Cl)cc2sc(N(CCCN(C)C)C(=O)c3cccc(C(F)(F)F)c3)nc12.Cl. The van der Waals surface area contributed by atoms with E-state index in [-0.39, 0.29) is 18.0 Å². The van der Waals surface area contributed by atoms with Gasteiger partial charge in [0.2, 0.25) is 0 Å². The van der Waals surface area contributed by atoms with Crippen molar-refractivity contribution < 1.29 is 18.0 Å². The zero-order valence-corrected chi connectivity index (χ0v) is 19.6. The number of fused-ring (bicyclic) bond motifs is 1. The number of carbonyl (C=O) groups is 1. The van der Waals surface area contributed by atoms with Crippen LogP contribution in [0.4, 0.5) is 18.3 Å². The molecule has 0 atom stereocenters. The highest BCUT2D eigenvalue weighted by molar-refractivity contribution is 7.22. The molecular formula is C21H22Cl2F3N3OS. The molecule has 0 aliphatic carbocycles. The molecule has 3 aromatic rings. The second-order valence-corrected chi connectivity index (χ2v) is 8.70. The van der Waals surface area contributed by atoms with E-state index < -0.39 is 17.6 Å². The third-order valence-corrected chi connectivity index (χ3v) is 5.78. The lowest BCUT2D eigenvalue weighted by Crippen LogP contribution is -2.33. The van der Waals surface area contributed by atoms with E-state index in [1.807, 2.05) is 25.9 Å². The van der Waals surface area contributed by atoms with Crippen LogP contribution in [0.3, 0.4) is 0 Å². The summed E-state index contributed by atoms with van der Waals surface area (Å²) in [5.74, 6) is -0.511. The van der Waals surface area contributed by atoms with Gasteiger partial charge in [-0.2, -0.15) is 13.2 Å². The molecule has 1 heterocycles. The lowest BCUT2D eigenvalue weighted by molar-refractivity contribution is -0.137. The van der Waals surface area contributed by atoms with E-state index in [1.165, 1.54) is 28.4 Å². The lowest BCUT2D eigenvalue weighted by atomic mass is 10.1. The van der Waals surface area contributed by atoms with Crippen molar-refractivity contribution in [2.75, 3.05) is 32.1 Å². The molecule has 3 rings (SSSR count). The van der Waals surface area contributed by atoms with Gasteiger partial charge in [-0.15, -0.1) is 12.4 Å². The number of benzene rings is 2. The number of aromatic nitrogens is 1. The molecule has 0 bridgehead atoms. The number of halogens is 5. The first kappa shape index (κ1) is 25.4. The average Bonchev–Trinajstić information content (AvgIpc) is 3.08. The van der Waals surface area contributed by atoms with Crippen molar-refractivity contribution in [2.45, 2.75) is 19.5 Å². The van der Waals surface area contributed by atoms with E-state index >= 15 is 0 Å². The molecule has 31 heavy (non-hydrogen) atoms. The van der Waals surface area contributed by atoms with Gasteiger partial charge in [-0.05, 0) is 69.9 Å². The minimum atomic E-state index is -4.52. The van der Waals surface area contributed by atoms with Gasteiger partial charge in [0.1, 0.15) is 0 Å². The van der Waals surface area contributed by atoms with Crippen LogP contribution >= 0.6 is 35.3 Å². The third-order valence-electron chi connectivity index (χ3n) is 4.54. The third kappa shape index (κ3) is 6.10. The highest BCUT2D eigenvalue weighted by Gasteiger charge is 2.31. The van der Waals surface area contributed by atoms with Gasteiger partial charge in [0.15, 0.2) is 5.13 Å². The van der Waals surface area contributed by atoms with Gasteiger partial charge >= 0.3 is 6.18 Å². The van der Waals surface area contributed by atoms with Crippen molar-refractivity contribution in [2.24, 2.45) is 0 Å². The lowest BCUT2D eigenvalue weighted by Gasteiger charge is -2.21. The molecule has 10 heteroatoms. The summed E-state index contributed by atoms with van der Waals surface area (Å²) in [6.07, 6.45) is -3.87. The van der Waals surface area contributed by atoms with Crippen LogP contribution in [-0.4, -0.2) is 43.0 Å². The molecule has 0 fully saturated rings. The zero-order valence-electron chi connectivity index (χ0n) is 17.2. The van der Waals surface area contributed by atoms with E-state index in [0.717, 1.165) is 34.5 Å². The van der Waals surface area contributed by atoms with Crippen molar-refractivity contribution in [3.05, 3.63) is 58.1 Å². The van der Waals surface area contributed by atoms with Crippen LogP contribution in [0.1, 0.15) is 27.9 Å². The fourth-order valence-electron chi connectivity index (χ4n) is 3.07. The standard InChI is InChI=1S/C21H21ClF3N3OS.ClH/c1-13-10-16(22)12-17-18(13)26-20(30-17)28(9-5-8-27(2)3)19(29)14-6-4-7-15(11-14)21(23,24)25;/h4,6-7,10-12H,5,8-9H2,1-3H3;1H. The zero-order chi connectivity index (χ0) is 22.1. The number of anilines is 1. The van der Waals surface area contributed by atoms with Gasteiger partial charge < -0.3 is 4.90 Å². The van der Waals surface area contributed by atoms with Crippen LogP contribution in [0.25, 0.3) is 10.2 Å². The first-order valence-electron chi connectivity index (χ1n) is 9.27. The topological polar surface area (TPSA) is 36.4 Å². The fourth-order valence-corrected chi connectivity index (χ4v) is 4.52. The Morgan fingerprint density at radius 1 is 1.16 bits per heavy atom. The van der Waals surface area contributed by atoms with E-state index in [9.17, 15) is 18.0 Å². The molecule has 0 spiro atoms. The van der Waals surface area contributed by atoms with Crippen LogP contribution in [-0.2, 0) is 6.18 Å². The van der Waals surface area contributed by atoms with Gasteiger partial charge in [-0.1, -0.05) is 29.0 Å². The number of rotatable bonds is 6. The monoisotopic (exact) mass is 491 g/mol. The molecule has 0 aliphatic rings. The van der Waals surface area contributed by atoms with Gasteiger partial charge in [-0.3, -0.25) is 9.69 Å². The largest absolute Gasteiger partial charge is 0.416 e. The number of thiazole rings is 1. The Morgan fingerprint density at radius 2 is 1.87 bits per heavy atom. The Balaban J connectivity index is 0.00000341. The summed E-state index contributed by atoms with van der Waals surface area (Å²) in [5.41, 5.74) is 0.728. The van der Waals surface area contributed by atoms with Crippen molar-refractivity contribution in [1.82, 2.24) is 9.88 Å². The molecule has 1 amide bonds. The number of amides is 1. The first-order chi connectivity index (χ1) is 14.1. The normalized spacial score (nSPS) is 11.6. The highest BCUT2D eigenvalue weighted by atomic mass is 35.5.